The minimum absolute atomic E-state index is 0.159. The van der Waals surface area contributed by atoms with Crippen molar-refractivity contribution in [2.75, 3.05) is 11.4 Å². The molecule has 2 fully saturated rings. The fraction of sp³-hybridized carbons (Fsp3) is 0.526. The highest BCUT2D eigenvalue weighted by Gasteiger charge is 2.73. The molecule has 0 spiro atoms. The van der Waals surface area contributed by atoms with E-state index < -0.39 is 16.6 Å². The topological polar surface area (TPSA) is 54.5 Å². The van der Waals surface area contributed by atoms with Gasteiger partial charge in [0.2, 0.25) is 17.5 Å². The van der Waals surface area contributed by atoms with Gasteiger partial charge in [-0.15, -0.1) is 0 Å². The van der Waals surface area contributed by atoms with Crippen LogP contribution in [0.5, 0.6) is 0 Å². The van der Waals surface area contributed by atoms with Crippen molar-refractivity contribution in [1.82, 2.24) is 0 Å². The van der Waals surface area contributed by atoms with E-state index in [1.165, 1.54) is 0 Å². The molecule has 2 bridgehead atoms. The first-order valence-electron chi connectivity index (χ1n) is 8.40. The Labute approximate surface area is 135 Å². The quantitative estimate of drug-likeness (QED) is 0.591. The van der Waals surface area contributed by atoms with Crippen LogP contribution in [-0.4, -0.2) is 24.0 Å². The molecule has 1 aromatic carbocycles. The maximum absolute atomic E-state index is 13.5. The van der Waals surface area contributed by atoms with Crippen LogP contribution in [0.3, 0.4) is 0 Å². The molecule has 0 unspecified atom stereocenters. The number of hydrogen-bond acceptors (Lipinski definition) is 3. The fourth-order valence-electron chi connectivity index (χ4n) is 5.03. The lowest BCUT2D eigenvalue weighted by atomic mass is 9.67. The second-order valence-corrected chi connectivity index (χ2v) is 7.60. The zero-order valence-corrected chi connectivity index (χ0v) is 13.6. The Morgan fingerprint density at radius 2 is 1.96 bits per heavy atom. The van der Waals surface area contributed by atoms with Crippen molar-refractivity contribution in [2.45, 2.75) is 39.5 Å². The molecule has 0 radical (unpaired) electrons. The number of nitrogens with zero attached hydrogens (tertiary/aromatic N) is 1. The van der Waals surface area contributed by atoms with Crippen LogP contribution < -0.4 is 4.90 Å². The molecule has 23 heavy (non-hydrogen) atoms. The van der Waals surface area contributed by atoms with Crippen molar-refractivity contribution < 1.29 is 14.4 Å². The Kier molecular flexibility index (Phi) is 2.88. The fourth-order valence-corrected chi connectivity index (χ4v) is 5.03. The molecule has 2 saturated carbocycles. The number of Topliss-reactive ketones (excluding diaryl/α,β-unsaturated/α-hetero) is 2. The average Bonchev–Trinajstić information content (AvgIpc) is 2.90. The van der Waals surface area contributed by atoms with Gasteiger partial charge < -0.3 is 4.90 Å². The van der Waals surface area contributed by atoms with E-state index >= 15 is 0 Å². The van der Waals surface area contributed by atoms with Gasteiger partial charge in [-0.1, -0.05) is 32.0 Å². The van der Waals surface area contributed by atoms with Crippen LogP contribution in [0, 0.1) is 16.7 Å². The van der Waals surface area contributed by atoms with E-state index in [1.807, 2.05) is 38.1 Å². The number of hydrogen-bond donors (Lipinski definition) is 0. The first-order chi connectivity index (χ1) is 10.9. The van der Waals surface area contributed by atoms with E-state index in [1.54, 1.807) is 4.90 Å². The molecule has 0 N–H and O–H groups in total. The van der Waals surface area contributed by atoms with E-state index in [4.69, 9.17) is 0 Å². The first kappa shape index (κ1) is 14.6. The van der Waals surface area contributed by atoms with Gasteiger partial charge in [-0.05, 0) is 42.7 Å². The number of carbonyl (C=O) groups excluding carboxylic acids is 3. The lowest BCUT2D eigenvalue weighted by molar-refractivity contribution is -0.148. The van der Waals surface area contributed by atoms with Gasteiger partial charge in [-0.2, -0.15) is 0 Å². The molecule has 0 saturated heterocycles. The number of amides is 1. The zero-order chi connectivity index (χ0) is 16.4. The van der Waals surface area contributed by atoms with E-state index in [9.17, 15) is 14.4 Å². The van der Waals surface area contributed by atoms with Crippen LogP contribution in [-0.2, 0) is 20.8 Å². The number of carbonyl (C=O) groups is 3. The predicted molar refractivity (Wildman–Crippen MR) is 86.1 cm³/mol. The predicted octanol–water partition coefficient (Wildman–Crippen LogP) is 2.54. The molecule has 120 valence electrons. The summed E-state index contributed by atoms with van der Waals surface area (Å²) in [5, 5.41) is 0. The van der Waals surface area contributed by atoms with Gasteiger partial charge in [0.25, 0.3) is 0 Å². The van der Waals surface area contributed by atoms with E-state index in [2.05, 4.69) is 0 Å². The van der Waals surface area contributed by atoms with Crippen LogP contribution in [0.15, 0.2) is 24.3 Å². The molecule has 2 aliphatic carbocycles. The SMILES string of the molecule is CC1(C)[C@H]2CC[C@@]1(C(=O)N1CCCc3ccccc31)C(=O)C2=O. The summed E-state index contributed by atoms with van der Waals surface area (Å²) in [7, 11) is 0. The Morgan fingerprint density at radius 3 is 2.65 bits per heavy atom. The molecule has 0 aromatic heterocycles. The Bertz CT molecular complexity index is 736. The van der Waals surface area contributed by atoms with Gasteiger partial charge in [0.15, 0.2) is 0 Å². The van der Waals surface area contributed by atoms with Crippen molar-refractivity contribution >= 4 is 23.2 Å². The van der Waals surface area contributed by atoms with Crippen molar-refractivity contribution in [2.24, 2.45) is 16.7 Å². The summed E-state index contributed by atoms with van der Waals surface area (Å²) >= 11 is 0. The monoisotopic (exact) mass is 311 g/mol. The van der Waals surface area contributed by atoms with E-state index in [0.29, 0.717) is 19.4 Å². The smallest absolute Gasteiger partial charge is 0.241 e. The van der Waals surface area contributed by atoms with E-state index in [0.717, 1.165) is 24.1 Å². The van der Waals surface area contributed by atoms with Crippen LogP contribution >= 0.6 is 0 Å². The molecule has 4 nitrogen and oxygen atoms in total. The summed E-state index contributed by atoms with van der Waals surface area (Å²) < 4.78 is 0. The zero-order valence-electron chi connectivity index (χ0n) is 13.6. The Balaban J connectivity index is 1.81. The lowest BCUT2D eigenvalue weighted by Crippen LogP contribution is -2.53. The minimum atomic E-state index is -1.15. The highest BCUT2D eigenvalue weighted by atomic mass is 16.2. The highest BCUT2D eigenvalue weighted by Crippen LogP contribution is 2.63. The third kappa shape index (κ3) is 1.59. The summed E-state index contributed by atoms with van der Waals surface area (Å²) in [5.74, 6) is -1.24. The number of benzene rings is 1. The van der Waals surface area contributed by atoms with E-state index in [-0.39, 0.29) is 17.6 Å². The number of aryl methyl sites for hydroxylation is 1. The number of fused-ring (bicyclic) bond motifs is 3. The van der Waals surface area contributed by atoms with Crippen molar-refractivity contribution in [1.29, 1.82) is 0 Å². The number of anilines is 1. The van der Waals surface area contributed by atoms with Crippen LogP contribution in [0.2, 0.25) is 0 Å². The van der Waals surface area contributed by atoms with Gasteiger partial charge in [0.1, 0.15) is 5.41 Å². The second kappa shape index (κ2) is 4.53. The standard InChI is InChI=1S/C19H21NO3/c1-18(2)13-9-10-19(18,16(22)15(13)21)17(23)20-11-5-7-12-6-3-4-8-14(12)20/h3-4,6,8,13H,5,7,9-11H2,1-2H3/t13-,19-/m0/s1. The van der Waals surface area contributed by atoms with Crippen LogP contribution in [0.4, 0.5) is 5.69 Å². The van der Waals surface area contributed by atoms with Crippen molar-refractivity contribution in [3.8, 4) is 0 Å². The molecule has 1 aromatic rings. The first-order valence-corrected chi connectivity index (χ1v) is 8.40. The van der Waals surface area contributed by atoms with Crippen LogP contribution in [0.25, 0.3) is 0 Å². The molecule has 4 rings (SSSR count). The maximum atomic E-state index is 13.5. The van der Waals surface area contributed by atoms with Crippen molar-refractivity contribution in [3.05, 3.63) is 29.8 Å². The molecular weight excluding hydrogens is 290 g/mol. The largest absolute Gasteiger partial charge is 0.311 e. The lowest BCUT2D eigenvalue weighted by Gasteiger charge is -2.40. The van der Waals surface area contributed by atoms with Gasteiger partial charge in [-0.3, -0.25) is 14.4 Å². The molecule has 4 heteroatoms. The molecule has 3 aliphatic rings. The van der Waals surface area contributed by atoms with Gasteiger partial charge in [-0.25, -0.2) is 0 Å². The minimum Gasteiger partial charge on any atom is -0.311 e. The van der Waals surface area contributed by atoms with Gasteiger partial charge in [0, 0.05) is 18.2 Å². The van der Waals surface area contributed by atoms with Crippen LogP contribution in [0.1, 0.15) is 38.7 Å². The summed E-state index contributed by atoms with van der Waals surface area (Å²) in [6, 6.07) is 7.89. The molecule has 1 amide bonds. The molecular formula is C19H21NO3. The molecule has 1 heterocycles. The highest BCUT2D eigenvalue weighted by molar-refractivity contribution is 6.48. The molecule has 2 atom stereocenters. The number of rotatable bonds is 1. The van der Waals surface area contributed by atoms with Crippen molar-refractivity contribution in [3.63, 3.8) is 0 Å². The molecule has 1 aliphatic heterocycles. The van der Waals surface area contributed by atoms with Gasteiger partial charge >= 0.3 is 0 Å². The second-order valence-electron chi connectivity index (χ2n) is 7.60. The third-order valence-corrected chi connectivity index (χ3v) is 6.43. The van der Waals surface area contributed by atoms with Gasteiger partial charge in [0.05, 0.1) is 0 Å². The Hall–Kier alpha value is -1.97. The summed E-state index contributed by atoms with van der Waals surface area (Å²) in [6.07, 6.45) is 3.00. The summed E-state index contributed by atoms with van der Waals surface area (Å²) in [5.41, 5.74) is 0.321. The average molecular weight is 311 g/mol. The number of ketones is 2. The summed E-state index contributed by atoms with van der Waals surface area (Å²) in [4.78, 5) is 40.2. The number of para-hydroxylation sites is 1. The third-order valence-electron chi connectivity index (χ3n) is 6.43. The normalized spacial score (nSPS) is 31.4. The summed E-state index contributed by atoms with van der Waals surface area (Å²) in [6.45, 7) is 4.46. The Morgan fingerprint density at radius 1 is 1.22 bits per heavy atom. The maximum Gasteiger partial charge on any atom is 0.241 e.